The minimum Gasteiger partial charge on any atom is -0.381 e. The molecule has 12 heavy (non-hydrogen) atoms. The number of ether oxygens (including phenoxy) is 2. The first-order valence-corrected chi connectivity index (χ1v) is 4.13. The van der Waals surface area contributed by atoms with Gasteiger partial charge in [0.1, 0.15) is 6.10 Å². The van der Waals surface area contributed by atoms with Crippen LogP contribution in [-0.2, 0) is 9.47 Å². The number of rotatable bonds is 4. The quantitative estimate of drug-likeness (QED) is 0.503. The summed E-state index contributed by atoms with van der Waals surface area (Å²) >= 11 is 0. The number of aliphatic hydroxyl groups excluding tert-OH is 1. The zero-order chi connectivity index (χ0) is 9.40. The van der Waals surface area contributed by atoms with Crippen molar-refractivity contribution in [3.05, 3.63) is 0 Å². The molecule has 0 aromatic carbocycles. The summed E-state index contributed by atoms with van der Waals surface area (Å²) in [5, 5.41) is 8.85. The second-order valence-electron chi connectivity index (χ2n) is 2.21. The molecule has 3 heteroatoms. The highest BCUT2D eigenvalue weighted by atomic mass is 16.7. The van der Waals surface area contributed by atoms with Crippen LogP contribution in [0.5, 0.6) is 0 Å². The highest BCUT2D eigenvalue weighted by molar-refractivity contribution is 5.05. The van der Waals surface area contributed by atoms with Crippen LogP contribution in [0.4, 0.5) is 0 Å². The second-order valence-corrected chi connectivity index (χ2v) is 2.21. The van der Waals surface area contributed by atoms with E-state index in [0.717, 1.165) is 0 Å². The molecule has 0 fully saturated rings. The zero-order valence-corrected chi connectivity index (χ0v) is 7.83. The van der Waals surface area contributed by atoms with E-state index in [2.05, 4.69) is 11.8 Å². The molecule has 0 bridgehead atoms. The first-order valence-electron chi connectivity index (χ1n) is 4.13. The Labute approximate surface area is 73.7 Å². The summed E-state index contributed by atoms with van der Waals surface area (Å²) in [6.07, 6.45) is -1.14. The van der Waals surface area contributed by atoms with Gasteiger partial charge in [0, 0.05) is 13.2 Å². The molecule has 0 unspecified atom stereocenters. The Morgan fingerprint density at radius 3 is 2.00 bits per heavy atom. The van der Waals surface area contributed by atoms with E-state index in [1.807, 2.05) is 13.8 Å². The third-order valence-corrected chi connectivity index (χ3v) is 1.05. The van der Waals surface area contributed by atoms with E-state index in [1.165, 1.54) is 0 Å². The van der Waals surface area contributed by atoms with Crippen molar-refractivity contribution >= 4 is 0 Å². The molecule has 0 aliphatic carbocycles. The first-order chi connectivity index (χ1) is 5.70. The van der Waals surface area contributed by atoms with E-state index < -0.39 is 12.4 Å². The maximum atomic E-state index is 8.85. The van der Waals surface area contributed by atoms with Crippen molar-refractivity contribution in [3.63, 3.8) is 0 Å². The average Bonchev–Trinajstić information content (AvgIpc) is 2.01. The van der Waals surface area contributed by atoms with Gasteiger partial charge in [0.25, 0.3) is 0 Å². The summed E-state index contributed by atoms with van der Waals surface area (Å²) in [5.41, 5.74) is 0. The van der Waals surface area contributed by atoms with Crippen LogP contribution in [0, 0.1) is 11.8 Å². The Morgan fingerprint density at radius 2 is 1.67 bits per heavy atom. The van der Waals surface area contributed by atoms with E-state index >= 15 is 0 Å². The third-order valence-electron chi connectivity index (χ3n) is 1.05. The summed E-state index contributed by atoms with van der Waals surface area (Å²) in [6.45, 7) is 6.45. The Hall–Kier alpha value is -0.560. The standard InChI is InChI=1S/C9H16O3/c1-4-11-9(12-5-2)7-6-8(3)10/h8-10H,4-5H2,1-3H3/t8-/m0/s1. The van der Waals surface area contributed by atoms with Crippen molar-refractivity contribution in [2.24, 2.45) is 0 Å². The fourth-order valence-electron chi connectivity index (χ4n) is 0.623. The molecule has 0 spiro atoms. The molecule has 1 atom stereocenters. The highest BCUT2D eigenvalue weighted by Gasteiger charge is 2.01. The van der Waals surface area contributed by atoms with Gasteiger partial charge in [0.05, 0.1) is 0 Å². The highest BCUT2D eigenvalue weighted by Crippen LogP contribution is 1.92. The Bertz CT molecular complexity index is 149. The molecule has 0 aliphatic rings. The molecule has 0 heterocycles. The van der Waals surface area contributed by atoms with Gasteiger partial charge in [0.15, 0.2) is 0 Å². The van der Waals surface area contributed by atoms with Crippen molar-refractivity contribution in [2.45, 2.75) is 33.2 Å². The molecule has 0 aliphatic heterocycles. The van der Waals surface area contributed by atoms with Crippen LogP contribution in [-0.4, -0.2) is 30.7 Å². The summed E-state index contributed by atoms with van der Waals surface area (Å²) in [6, 6.07) is 0. The van der Waals surface area contributed by atoms with Crippen LogP contribution in [0.1, 0.15) is 20.8 Å². The lowest BCUT2D eigenvalue weighted by atomic mass is 10.4. The molecule has 0 saturated carbocycles. The molecular weight excluding hydrogens is 156 g/mol. The SMILES string of the molecule is CCOC(C#C[C@H](C)O)OCC. The molecule has 0 radical (unpaired) electrons. The van der Waals surface area contributed by atoms with E-state index in [-0.39, 0.29) is 0 Å². The second kappa shape index (κ2) is 7.11. The summed E-state index contributed by atoms with van der Waals surface area (Å²) in [4.78, 5) is 0. The van der Waals surface area contributed by atoms with E-state index in [4.69, 9.17) is 14.6 Å². The lowest BCUT2D eigenvalue weighted by Crippen LogP contribution is -2.15. The van der Waals surface area contributed by atoms with Crippen LogP contribution in [0.2, 0.25) is 0 Å². The maximum absolute atomic E-state index is 8.85. The minimum atomic E-state index is -0.631. The van der Waals surface area contributed by atoms with E-state index in [9.17, 15) is 0 Å². The van der Waals surface area contributed by atoms with Gasteiger partial charge in [-0.2, -0.15) is 0 Å². The van der Waals surface area contributed by atoms with Crippen LogP contribution in [0.3, 0.4) is 0 Å². The zero-order valence-electron chi connectivity index (χ0n) is 7.83. The molecular formula is C9H16O3. The van der Waals surface area contributed by atoms with Crippen molar-refractivity contribution in [3.8, 4) is 11.8 Å². The smallest absolute Gasteiger partial charge is 0.222 e. The van der Waals surface area contributed by atoms with E-state index in [1.54, 1.807) is 6.92 Å². The fraction of sp³-hybridized carbons (Fsp3) is 0.778. The molecule has 0 amide bonds. The molecule has 0 aromatic rings. The summed E-state index contributed by atoms with van der Waals surface area (Å²) in [7, 11) is 0. The Balaban J connectivity index is 3.87. The number of aliphatic hydroxyl groups is 1. The molecule has 3 nitrogen and oxygen atoms in total. The number of hydrogen-bond donors (Lipinski definition) is 1. The van der Waals surface area contributed by atoms with Crippen molar-refractivity contribution in [1.29, 1.82) is 0 Å². The van der Waals surface area contributed by atoms with E-state index in [0.29, 0.717) is 13.2 Å². The lowest BCUT2D eigenvalue weighted by molar-refractivity contribution is -0.0971. The topological polar surface area (TPSA) is 38.7 Å². The van der Waals surface area contributed by atoms with Gasteiger partial charge >= 0.3 is 0 Å². The van der Waals surface area contributed by atoms with Gasteiger partial charge in [-0.05, 0) is 26.7 Å². The number of hydrogen-bond acceptors (Lipinski definition) is 3. The van der Waals surface area contributed by atoms with Crippen LogP contribution in [0.15, 0.2) is 0 Å². The van der Waals surface area contributed by atoms with Crippen molar-refractivity contribution < 1.29 is 14.6 Å². The predicted molar refractivity (Wildman–Crippen MR) is 46.5 cm³/mol. The van der Waals surface area contributed by atoms with Gasteiger partial charge < -0.3 is 14.6 Å². The fourth-order valence-corrected chi connectivity index (χ4v) is 0.623. The van der Waals surface area contributed by atoms with Gasteiger partial charge in [-0.25, -0.2) is 0 Å². The average molecular weight is 172 g/mol. The van der Waals surface area contributed by atoms with Gasteiger partial charge in [-0.3, -0.25) is 0 Å². The van der Waals surface area contributed by atoms with Crippen molar-refractivity contribution in [2.75, 3.05) is 13.2 Å². The molecule has 0 rings (SSSR count). The molecule has 70 valence electrons. The molecule has 1 N–H and O–H groups in total. The first kappa shape index (κ1) is 11.4. The predicted octanol–water partition coefficient (Wildman–Crippen LogP) is 0.770. The largest absolute Gasteiger partial charge is 0.381 e. The van der Waals surface area contributed by atoms with Gasteiger partial charge in [0.2, 0.25) is 6.29 Å². The maximum Gasteiger partial charge on any atom is 0.222 e. The van der Waals surface area contributed by atoms with Crippen LogP contribution in [0.25, 0.3) is 0 Å². The monoisotopic (exact) mass is 172 g/mol. The van der Waals surface area contributed by atoms with Crippen LogP contribution >= 0.6 is 0 Å². The summed E-state index contributed by atoms with van der Waals surface area (Å²) in [5.74, 6) is 5.25. The Kier molecular flexibility index (Phi) is 6.78. The normalized spacial score (nSPS) is 12.4. The van der Waals surface area contributed by atoms with Gasteiger partial charge in [-0.15, -0.1) is 0 Å². The molecule has 0 aromatic heterocycles. The van der Waals surface area contributed by atoms with Gasteiger partial charge in [-0.1, -0.05) is 5.92 Å². The summed E-state index contributed by atoms with van der Waals surface area (Å²) < 4.78 is 10.3. The van der Waals surface area contributed by atoms with Crippen molar-refractivity contribution in [1.82, 2.24) is 0 Å². The lowest BCUT2D eigenvalue weighted by Gasteiger charge is -2.09. The van der Waals surface area contributed by atoms with Crippen LogP contribution < -0.4 is 0 Å². The minimum absolute atomic E-state index is 0.505. The Morgan fingerprint density at radius 1 is 1.17 bits per heavy atom. The molecule has 0 saturated heterocycles. The third kappa shape index (κ3) is 6.17.